The first-order chi connectivity index (χ1) is 11.8. The van der Waals surface area contributed by atoms with Gasteiger partial charge in [0.15, 0.2) is 0 Å². The van der Waals surface area contributed by atoms with Crippen molar-refractivity contribution < 1.29 is 0 Å². The van der Waals surface area contributed by atoms with E-state index in [2.05, 4.69) is 17.1 Å². The fraction of sp³-hybridized carbons (Fsp3) is 0.0556. The predicted octanol–water partition coefficient (Wildman–Crippen LogP) is 3.22. The molecule has 0 aliphatic carbocycles. The number of para-hydroxylation sites is 1. The molecular weight excluding hydrogens is 318 g/mol. The second-order valence-electron chi connectivity index (χ2n) is 5.35. The molecule has 24 heavy (non-hydrogen) atoms. The Morgan fingerprint density at radius 2 is 1.83 bits per heavy atom. The van der Waals surface area contributed by atoms with Crippen LogP contribution in [0, 0.1) is 22.7 Å². The van der Waals surface area contributed by atoms with Gasteiger partial charge in [0.2, 0.25) is 0 Å². The molecule has 0 spiro atoms. The zero-order valence-electron chi connectivity index (χ0n) is 12.5. The minimum Gasteiger partial charge on any atom is -0.395 e. The average molecular weight is 329 g/mol. The molecule has 0 saturated carbocycles. The Bertz CT molecular complexity index is 978. The number of nitriles is 2. The molecule has 3 heterocycles. The summed E-state index contributed by atoms with van der Waals surface area (Å²) < 4.78 is 0. The largest absolute Gasteiger partial charge is 0.395 e. The van der Waals surface area contributed by atoms with Gasteiger partial charge >= 0.3 is 0 Å². The first-order valence-electron chi connectivity index (χ1n) is 7.26. The Balaban J connectivity index is 2.02. The highest BCUT2D eigenvalue weighted by molar-refractivity contribution is 8.03. The first-order valence-corrected chi connectivity index (χ1v) is 8.08. The smallest absolute Gasteiger partial charge is 0.106 e. The Hall–Kier alpha value is -3.22. The summed E-state index contributed by atoms with van der Waals surface area (Å²) in [4.78, 5) is 7.16. The van der Waals surface area contributed by atoms with Crippen LogP contribution >= 0.6 is 11.8 Å². The number of nitrogens with zero attached hydrogens (tertiary/aromatic N) is 4. The van der Waals surface area contributed by atoms with Crippen molar-refractivity contribution in [1.82, 2.24) is 4.98 Å². The number of hydrogen-bond donors (Lipinski definition) is 1. The summed E-state index contributed by atoms with van der Waals surface area (Å²) in [5, 5.41) is 20.1. The molecule has 1 aromatic heterocycles. The van der Waals surface area contributed by atoms with E-state index in [4.69, 9.17) is 5.73 Å². The van der Waals surface area contributed by atoms with Crippen LogP contribution in [-0.4, -0.2) is 4.98 Å². The van der Waals surface area contributed by atoms with Crippen molar-refractivity contribution in [2.45, 2.75) is 10.9 Å². The number of thioether (sulfide) groups is 1. The molecule has 2 aliphatic heterocycles. The highest BCUT2D eigenvalue weighted by Crippen LogP contribution is 2.54. The van der Waals surface area contributed by atoms with Gasteiger partial charge in [-0.2, -0.15) is 10.5 Å². The van der Waals surface area contributed by atoms with E-state index >= 15 is 0 Å². The van der Waals surface area contributed by atoms with Gasteiger partial charge in [-0.25, -0.2) is 0 Å². The van der Waals surface area contributed by atoms with E-state index in [1.165, 1.54) is 11.8 Å². The predicted molar refractivity (Wildman–Crippen MR) is 91.2 cm³/mol. The molecule has 1 aromatic carbocycles. The lowest BCUT2D eigenvalue weighted by Gasteiger charge is -2.35. The highest BCUT2D eigenvalue weighted by atomic mass is 32.2. The lowest BCUT2D eigenvalue weighted by atomic mass is 9.90. The summed E-state index contributed by atoms with van der Waals surface area (Å²) in [5.74, 6) is 0. The number of rotatable bonds is 1. The SMILES string of the molecule is N#CC1=C(C#N)C(c2ccncc2)N2C(=C1N)Sc1ccccc12. The van der Waals surface area contributed by atoms with E-state index < -0.39 is 0 Å². The second-order valence-corrected chi connectivity index (χ2v) is 6.38. The van der Waals surface area contributed by atoms with Crippen molar-refractivity contribution in [2.75, 3.05) is 4.90 Å². The molecule has 0 radical (unpaired) electrons. The van der Waals surface area contributed by atoms with Crippen LogP contribution in [0.1, 0.15) is 11.6 Å². The quantitative estimate of drug-likeness (QED) is 0.864. The molecule has 0 amide bonds. The summed E-state index contributed by atoms with van der Waals surface area (Å²) in [6.45, 7) is 0. The number of allylic oxidation sites excluding steroid dienone is 1. The minimum atomic E-state index is -0.383. The zero-order chi connectivity index (χ0) is 16.7. The zero-order valence-corrected chi connectivity index (χ0v) is 13.3. The molecule has 2 N–H and O–H groups in total. The number of fused-ring (bicyclic) bond motifs is 3. The van der Waals surface area contributed by atoms with Gasteiger partial charge in [-0.3, -0.25) is 4.98 Å². The maximum absolute atomic E-state index is 9.72. The summed E-state index contributed by atoms with van der Waals surface area (Å²) >= 11 is 1.53. The van der Waals surface area contributed by atoms with Gasteiger partial charge in [0.05, 0.1) is 34.6 Å². The van der Waals surface area contributed by atoms with Crippen molar-refractivity contribution in [2.24, 2.45) is 5.73 Å². The Labute approximate surface area is 143 Å². The maximum Gasteiger partial charge on any atom is 0.106 e. The topological polar surface area (TPSA) is 89.7 Å². The Kier molecular flexibility index (Phi) is 3.26. The van der Waals surface area contributed by atoms with Crippen LogP contribution in [0.4, 0.5) is 5.69 Å². The van der Waals surface area contributed by atoms with Gasteiger partial charge in [0.25, 0.3) is 0 Å². The van der Waals surface area contributed by atoms with Gasteiger partial charge in [-0.1, -0.05) is 23.9 Å². The fourth-order valence-corrected chi connectivity index (χ4v) is 4.20. The lowest BCUT2D eigenvalue weighted by Crippen LogP contribution is -2.32. The monoisotopic (exact) mass is 329 g/mol. The number of anilines is 1. The molecule has 0 saturated heterocycles. The van der Waals surface area contributed by atoms with Crippen molar-refractivity contribution in [3.05, 3.63) is 76.2 Å². The molecule has 114 valence electrons. The van der Waals surface area contributed by atoms with Gasteiger partial charge in [-0.05, 0) is 29.8 Å². The van der Waals surface area contributed by atoms with E-state index in [0.29, 0.717) is 11.3 Å². The maximum atomic E-state index is 9.72. The molecule has 0 bridgehead atoms. The van der Waals surface area contributed by atoms with Gasteiger partial charge < -0.3 is 10.6 Å². The Morgan fingerprint density at radius 1 is 1.08 bits per heavy atom. The van der Waals surface area contributed by atoms with E-state index in [1.807, 2.05) is 41.3 Å². The number of pyridine rings is 1. The average Bonchev–Trinajstić information content (AvgIpc) is 3.02. The number of hydrogen-bond acceptors (Lipinski definition) is 6. The number of benzene rings is 1. The van der Waals surface area contributed by atoms with Crippen molar-refractivity contribution in [3.8, 4) is 12.1 Å². The van der Waals surface area contributed by atoms with Crippen molar-refractivity contribution in [1.29, 1.82) is 10.5 Å². The van der Waals surface area contributed by atoms with Crippen LogP contribution in [0.3, 0.4) is 0 Å². The summed E-state index contributed by atoms with van der Waals surface area (Å²) in [7, 11) is 0. The molecule has 6 heteroatoms. The van der Waals surface area contributed by atoms with Crippen LogP contribution < -0.4 is 10.6 Å². The van der Waals surface area contributed by atoms with Gasteiger partial charge in [0.1, 0.15) is 11.1 Å². The number of aromatic nitrogens is 1. The standard InChI is InChI=1S/C18H11N5S/c19-9-12-13(10-20)17(11-5-7-22-8-6-11)23-14-3-1-2-4-15(14)24-18(23)16(12)21/h1-8,17H,21H2. The molecule has 5 nitrogen and oxygen atoms in total. The third-order valence-corrected chi connectivity index (χ3v) is 5.28. The van der Waals surface area contributed by atoms with Crippen LogP contribution in [0.25, 0.3) is 0 Å². The highest BCUT2D eigenvalue weighted by Gasteiger charge is 2.41. The second kappa shape index (κ2) is 5.45. The van der Waals surface area contributed by atoms with Crippen LogP contribution in [0.5, 0.6) is 0 Å². The molecule has 0 fully saturated rings. The molecule has 1 unspecified atom stereocenters. The normalized spacial score (nSPS) is 18.8. The molecular formula is C18H11N5S. The third-order valence-electron chi connectivity index (χ3n) is 4.11. The molecule has 2 aromatic rings. The third kappa shape index (κ3) is 1.91. The van der Waals surface area contributed by atoms with Gasteiger partial charge in [-0.15, -0.1) is 0 Å². The summed E-state index contributed by atoms with van der Waals surface area (Å²) in [6, 6.07) is 15.6. The fourth-order valence-electron chi connectivity index (χ4n) is 3.06. The van der Waals surface area contributed by atoms with Crippen molar-refractivity contribution in [3.63, 3.8) is 0 Å². The lowest BCUT2D eigenvalue weighted by molar-refractivity contribution is 0.779. The first kappa shape index (κ1) is 14.4. The van der Waals surface area contributed by atoms with E-state index in [9.17, 15) is 10.5 Å². The van der Waals surface area contributed by atoms with Crippen LogP contribution in [-0.2, 0) is 0 Å². The van der Waals surface area contributed by atoms with E-state index in [1.54, 1.807) is 12.4 Å². The molecule has 1 atom stereocenters. The van der Waals surface area contributed by atoms with Crippen LogP contribution in [0.2, 0.25) is 0 Å². The van der Waals surface area contributed by atoms with Crippen LogP contribution in [0.15, 0.2) is 75.6 Å². The van der Waals surface area contributed by atoms with Gasteiger partial charge in [0, 0.05) is 17.3 Å². The van der Waals surface area contributed by atoms with E-state index in [0.717, 1.165) is 21.2 Å². The number of nitrogens with two attached hydrogens (primary N) is 1. The van der Waals surface area contributed by atoms with Crippen molar-refractivity contribution >= 4 is 17.4 Å². The molecule has 2 aliphatic rings. The minimum absolute atomic E-state index is 0.255. The van der Waals surface area contributed by atoms with E-state index in [-0.39, 0.29) is 11.6 Å². The summed E-state index contributed by atoms with van der Waals surface area (Å²) in [5.41, 5.74) is 9.11. The summed E-state index contributed by atoms with van der Waals surface area (Å²) in [6.07, 6.45) is 3.37. The molecule has 4 rings (SSSR count). The Morgan fingerprint density at radius 3 is 2.54 bits per heavy atom.